The first-order valence-corrected chi connectivity index (χ1v) is 7.86. The molecular weight excluding hydrogens is 363 g/mol. The number of benzene rings is 2. The molecule has 0 bridgehead atoms. The first-order chi connectivity index (χ1) is 12.7. The number of carbonyl (C=O) groups excluding carboxylic acids is 1. The third-order valence-corrected chi connectivity index (χ3v) is 3.65. The SMILES string of the molecule is COc1ccc(Oc2ccc(CNC(=O)C(C)=CO)cc2)c(C(F)(F)F)c1. The van der Waals surface area contributed by atoms with Gasteiger partial charge in [-0.2, -0.15) is 13.2 Å². The van der Waals surface area contributed by atoms with E-state index >= 15 is 0 Å². The van der Waals surface area contributed by atoms with Crippen LogP contribution in [0.3, 0.4) is 0 Å². The zero-order valence-corrected chi connectivity index (χ0v) is 14.6. The van der Waals surface area contributed by atoms with Crippen molar-refractivity contribution in [2.45, 2.75) is 19.6 Å². The van der Waals surface area contributed by atoms with E-state index in [9.17, 15) is 18.0 Å². The van der Waals surface area contributed by atoms with Gasteiger partial charge < -0.3 is 19.9 Å². The number of hydrogen-bond acceptors (Lipinski definition) is 4. The highest BCUT2D eigenvalue weighted by Crippen LogP contribution is 2.40. The molecule has 0 aliphatic carbocycles. The van der Waals surface area contributed by atoms with Gasteiger partial charge in [0, 0.05) is 12.1 Å². The third-order valence-electron chi connectivity index (χ3n) is 3.65. The van der Waals surface area contributed by atoms with E-state index in [1.165, 1.54) is 38.3 Å². The average molecular weight is 381 g/mol. The molecule has 2 aromatic rings. The summed E-state index contributed by atoms with van der Waals surface area (Å²) in [5.74, 6) is -0.473. The van der Waals surface area contributed by atoms with Crippen LogP contribution in [-0.2, 0) is 17.5 Å². The molecule has 2 aromatic carbocycles. The van der Waals surface area contributed by atoms with Crippen LogP contribution in [0.15, 0.2) is 54.3 Å². The highest BCUT2D eigenvalue weighted by atomic mass is 19.4. The van der Waals surface area contributed by atoms with Gasteiger partial charge in [0.1, 0.15) is 22.8 Å². The molecule has 0 aromatic heterocycles. The standard InChI is InChI=1S/C19H18F3NO4/c1-12(11-24)18(25)23-10-13-3-5-14(6-4-13)27-17-8-7-15(26-2)9-16(17)19(20,21)22/h3-9,11,24H,10H2,1-2H3,(H,23,25). The fourth-order valence-corrected chi connectivity index (χ4v) is 2.13. The maximum absolute atomic E-state index is 13.2. The molecule has 27 heavy (non-hydrogen) atoms. The molecule has 0 fully saturated rings. The van der Waals surface area contributed by atoms with Crippen molar-refractivity contribution in [3.8, 4) is 17.2 Å². The van der Waals surface area contributed by atoms with E-state index in [0.29, 0.717) is 11.8 Å². The summed E-state index contributed by atoms with van der Waals surface area (Å²) < 4.78 is 49.8. The molecule has 0 unspecified atom stereocenters. The largest absolute Gasteiger partial charge is 0.515 e. The highest BCUT2D eigenvalue weighted by Gasteiger charge is 2.35. The predicted octanol–water partition coefficient (Wildman–Crippen LogP) is 4.58. The number of hydrogen-bond donors (Lipinski definition) is 2. The van der Waals surface area contributed by atoms with E-state index < -0.39 is 17.6 Å². The number of amides is 1. The Hall–Kier alpha value is -3.16. The lowest BCUT2D eigenvalue weighted by molar-refractivity contribution is -0.138. The zero-order valence-electron chi connectivity index (χ0n) is 14.6. The van der Waals surface area contributed by atoms with Crippen LogP contribution in [0.1, 0.15) is 18.1 Å². The van der Waals surface area contributed by atoms with Crippen molar-refractivity contribution in [2.75, 3.05) is 7.11 Å². The Balaban J connectivity index is 2.12. The van der Waals surface area contributed by atoms with Gasteiger partial charge in [-0.15, -0.1) is 0 Å². The summed E-state index contributed by atoms with van der Waals surface area (Å²) in [5, 5.41) is 11.4. The second-order valence-corrected chi connectivity index (χ2v) is 5.60. The van der Waals surface area contributed by atoms with Crippen LogP contribution < -0.4 is 14.8 Å². The van der Waals surface area contributed by atoms with E-state index in [0.717, 1.165) is 6.07 Å². The summed E-state index contributed by atoms with van der Waals surface area (Å²) in [6, 6.07) is 9.68. The Morgan fingerprint density at radius 3 is 2.33 bits per heavy atom. The van der Waals surface area contributed by atoms with Crippen molar-refractivity contribution in [3.63, 3.8) is 0 Å². The Bertz CT molecular complexity index is 830. The van der Waals surface area contributed by atoms with Crippen molar-refractivity contribution < 1.29 is 32.5 Å². The van der Waals surface area contributed by atoms with Gasteiger partial charge in [0.15, 0.2) is 0 Å². The van der Waals surface area contributed by atoms with Crippen LogP contribution >= 0.6 is 0 Å². The number of rotatable bonds is 6. The molecule has 0 saturated carbocycles. The number of aliphatic hydroxyl groups is 1. The first-order valence-electron chi connectivity index (χ1n) is 7.86. The first kappa shape index (κ1) is 20.2. The van der Waals surface area contributed by atoms with Crippen molar-refractivity contribution in [1.29, 1.82) is 0 Å². The van der Waals surface area contributed by atoms with E-state index in [1.54, 1.807) is 12.1 Å². The Labute approximate surface area is 154 Å². The van der Waals surface area contributed by atoms with Crippen LogP contribution in [0.5, 0.6) is 17.2 Å². The van der Waals surface area contributed by atoms with Crippen molar-refractivity contribution in [3.05, 3.63) is 65.4 Å². The summed E-state index contributed by atoms with van der Waals surface area (Å²) in [7, 11) is 1.28. The number of nitrogens with one attached hydrogen (secondary N) is 1. The molecular formula is C19H18F3NO4. The lowest BCUT2D eigenvalue weighted by atomic mass is 10.1. The van der Waals surface area contributed by atoms with E-state index in [1.807, 2.05) is 0 Å². The van der Waals surface area contributed by atoms with Crippen LogP contribution in [-0.4, -0.2) is 18.1 Å². The van der Waals surface area contributed by atoms with E-state index in [-0.39, 0.29) is 29.4 Å². The third kappa shape index (κ3) is 5.40. The fraction of sp³-hybridized carbons (Fsp3) is 0.211. The van der Waals surface area contributed by atoms with E-state index in [2.05, 4.69) is 5.32 Å². The minimum absolute atomic E-state index is 0.0768. The van der Waals surface area contributed by atoms with Crippen LogP contribution in [0.25, 0.3) is 0 Å². The molecule has 0 spiro atoms. The fourth-order valence-electron chi connectivity index (χ4n) is 2.13. The molecule has 2 N–H and O–H groups in total. The van der Waals surface area contributed by atoms with Gasteiger partial charge in [0.25, 0.3) is 0 Å². The summed E-state index contributed by atoms with van der Waals surface area (Å²) in [6.45, 7) is 1.65. The van der Waals surface area contributed by atoms with Gasteiger partial charge in [0.05, 0.1) is 13.4 Å². The molecule has 0 aliphatic rings. The number of aliphatic hydroxyl groups excluding tert-OH is 1. The molecule has 8 heteroatoms. The molecule has 0 atom stereocenters. The van der Waals surface area contributed by atoms with Crippen LogP contribution in [0.4, 0.5) is 13.2 Å². The minimum Gasteiger partial charge on any atom is -0.515 e. The summed E-state index contributed by atoms with van der Waals surface area (Å²) >= 11 is 0. The van der Waals surface area contributed by atoms with Gasteiger partial charge in [-0.1, -0.05) is 12.1 Å². The lowest BCUT2D eigenvalue weighted by Crippen LogP contribution is -2.23. The van der Waals surface area contributed by atoms with Gasteiger partial charge in [-0.05, 0) is 42.8 Å². The van der Waals surface area contributed by atoms with Crippen molar-refractivity contribution in [1.82, 2.24) is 5.32 Å². The second-order valence-electron chi connectivity index (χ2n) is 5.60. The second kappa shape index (κ2) is 8.48. The zero-order chi connectivity index (χ0) is 20.0. The maximum atomic E-state index is 13.2. The van der Waals surface area contributed by atoms with Gasteiger partial charge in [-0.3, -0.25) is 4.79 Å². The normalized spacial score (nSPS) is 11.8. The van der Waals surface area contributed by atoms with Crippen LogP contribution in [0, 0.1) is 0 Å². The Kier molecular flexibility index (Phi) is 6.33. The smallest absolute Gasteiger partial charge is 0.420 e. The lowest BCUT2D eigenvalue weighted by Gasteiger charge is -2.15. The molecule has 1 amide bonds. The molecule has 0 saturated heterocycles. The van der Waals surface area contributed by atoms with Crippen molar-refractivity contribution >= 4 is 5.91 Å². The summed E-state index contributed by atoms with van der Waals surface area (Å²) in [6.07, 6.45) is -3.88. The monoisotopic (exact) mass is 381 g/mol. The van der Waals surface area contributed by atoms with Gasteiger partial charge in [0.2, 0.25) is 5.91 Å². The molecule has 144 valence electrons. The summed E-state index contributed by atoms with van der Waals surface area (Å²) in [4.78, 5) is 11.6. The van der Waals surface area contributed by atoms with Gasteiger partial charge >= 0.3 is 6.18 Å². The number of carbonyl (C=O) groups is 1. The molecule has 0 radical (unpaired) electrons. The number of methoxy groups -OCH3 is 1. The molecule has 0 heterocycles. The number of ether oxygens (including phenoxy) is 2. The minimum atomic E-state index is -4.59. The highest BCUT2D eigenvalue weighted by molar-refractivity contribution is 5.92. The molecule has 0 aliphatic heterocycles. The average Bonchev–Trinajstić information content (AvgIpc) is 2.66. The number of halogens is 3. The molecule has 2 rings (SSSR count). The summed E-state index contributed by atoms with van der Waals surface area (Å²) in [5.41, 5.74) is -0.0641. The topological polar surface area (TPSA) is 67.8 Å². The van der Waals surface area contributed by atoms with Crippen molar-refractivity contribution in [2.24, 2.45) is 0 Å². The van der Waals surface area contributed by atoms with E-state index in [4.69, 9.17) is 14.6 Å². The molecule has 5 nitrogen and oxygen atoms in total. The Morgan fingerprint density at radius 1 is 1.15 bits per heavy atom. The number of alkyl halides is 3. The predicted molar refractivity (Wildman–Crippen MR) is 92.7 cm³/mol. The Morgan fingerprint density at radius 2 is 1.78 bits per heavy atom. The maximum Gasteiger partial charge on any atom is 0.420 e. The quantitative estimate of drug-likeness (QED) is 0.568. The van der Waals surface area contributed by atoms with Crippen LogP contribution in [0.2, 0.25) is 0 Å². The van der Waals surface area contributed by atoms with Gasteiger partial charge in [-0.25, -0.2) is 0 Å².